The highest BCUT2D eigenvalue weighted by atomic mass is 32.1. The number of urea groups is 1. The molecule has 1 aliphatic heterocycles. The lowest BCUT2D eigenvalue weighted by Crippen LogP contribution is -2.38. The van der Waals surface area contributed by atoms with Crippen LogP contribution in [0.5, 0.6) is 0 Å². The number of aromatic nitrogens is 1. The maximum Gasteiger partial charge on any atom is 0.330 e. The highest BCUT2D eigenvalue weighted by Crippen LogP contribution is 2.36. The molecule has 2 amide bonds. The number of aliphatic hydroxyl groups excluding tert-OH is 1. The third-order valence-corrected chi connectivity index (χ3v) is 4.33. The molecule has 2 rings (SSSR count). The van der Waals surface area contributed by atoms with Gasteiger partial charge in [-0.25, -0.2) is 19.1 Å². The Hall–Kier alpha value is -1.25. The molecule has 1 aromatic rings. The number of thiazole rings is 1. The summed E-state index contributed by atoms with van der Waals surface area (Å²) in [6, 6.07) is -0.423. The molecule has 0 aromatic carbocycles. The molecule has 1 aromatic heterocycles. The first kappa shape index (κ1) is 15.1. The molecule has 1 fully saturated rings. The lowest BCUT2D eigenvalue weighted by atomic mass is 10.1. The number of nitrogens with zero attached hydrogens (tertiary/aromatic N) is 3. The van der Waals surface area contributed by atoms with E-state index in [1.54, 1.807) is 14.0 Å². The number of likely N-dealkylation sites (N-methyl/N-ethyl adjacent to an activating group) is 1. The van der Waals surface area contributed by atoms with E-state index in [2.05, 4.69) is 4.98 Å². The molecule has 0 radical (unpaired) electrons. The number of carbonyl (C=O) groups is 1. The average Bonchev–Trinajstić information content (AvgIpc) is 2.90. The SMILES string of the molecule is CCOC1C(O)N(c2ncc(C(C)(C)F)s2)C(=O)N1C. The second kappa shape index (κ2) is 5.27. The maximum atomic E-state index is 13.9. The summed E-state index contributed by atoms with van der Waals surface area (Å²) in [4.78, 5) is 19.0. The van der Waals surface area contributed by atoms with Crippen LogP contribution in [0, 0.1) is 0 Å². The topological polar surface area (TPSA) is 65.9 Å². The maximum absolute atomic E-state index is 13.9. The van der Waals surface area contributed by atoms with Gasteiger partial charge in [0.15, 0.2) is 17.6 Å². The molecule has 2 atom stereocenters. The minimum atomic E-state index is -1.53. The van der Waals surface area contributed by atoms with Gasteiger partial charge in [0.05, 0.1) is 4.88 Å². The molecule has 20 heavy (non-hydrogen) atoms. The van der Waals surface area contributed by atoms with Gasteiger partial charge in [-0.2, -0.15) is 0 Å². The van der Waals surface area contributed by atoms with Crippen LogP contribution in [-0.2, 0) is 10.4 Å². The Morgan fingerprint density at radius 2 is 2.25 bits per heavy atom. The van der Waals surface area contributed by atoms with Gasteiger partial charge in [-0.1, -0.05) is 11.3 Å². The Morgan fingerprint density at radius 3 is 2.75 bits per heavy atom. The van der Waals surface area contributed by atoms with Crippen molar-refractivity contribution >= 4 is 22.5 Å². The van der Waals surface area contributed by atoms with E-state index < -0.39 is 24.2 Å². The second-order valence-corrected chi connectivity index (χ2v) is 6.01. The van der Waals surface area contributed by atoms with Crippen LogP contribution in [-0.4, -0.2) is 47.1 Å². The van der Waals surface area contributed by atoms with Gasteiger partial charge in [-0.3, -0.25) is 4.90 Å². The number of hydrogen-bond acceptors (Lipinski definition) is 5. The largest absolute Gasteiger partial charge is 0.369 e. The molecule has 0 bridgehead atoms. The van der Waals surface area contributed by atoms with E-state index in [9.17, 15) is 14.3 Å². The fraction of sp³-hybridized carbons (Fsp3) is 0.667. The monoisotopic (exact) mass is 303 g/mol. The summed E-state index contributed by atoms with van der Waals surface area (Å²) in [7, 11) is 1.54. The zero-order valence-corrected chi connectivity index (χ0v) is 12.6. The van der Waals surface area contributed by atoms with Crippen LogP contribution in [0.3, 0.4) is 0 Å². The summed E-state index contributed by atoms with van der Waals surface area (Å²) in [5.41, 5.74) is -1.53. The third-order valence-electron chi connectivity index (χ3n) is 3.03. The predicted octanol–water partition coefficient (Wildman–Crippen LogP) is 1.90. The molecule has 2 heterocycles. The average molecular weight is 303 g/mol. The molecule has 0 saturated carbocycles. The number of carbonyl (C=O) groups excluding carboxylic acids is 1. The van der Waals surface area contributed by atoms with Crippen LogP contribution < -0.4 is 4.90 Å². The van der Waals surface area contributed by atoms with Gasteiger partial charge in [0, 0.05) is 19.9 Å². The van der Waals surface area contributed by atoms with E-state index in [1.807, 2.05) is 0 Å². The highest BCUT2D eigenvalue weighted by Gasteiger charge is 2.46. The number of anilines is 1. The van der Waals surface area contributed by atoms with Crippen LogP contribution in [0.25, 0.3) is 0 Å². The standard InChI is InChI=1S/C12H18FN3O3S/c1-5-19-9-8(17)16(11(18)15(9)4)10-14-6-7(20-10)12(2,3)13/h6,8-9,17H,5H2,1-4H3. The van der Waals surface area contributed by atoms with Crippen molar-refractivity contribution < 1.29 is 19.0 Å². The van der Waals surface area contributed by atoms with Gasteiger partial charge >= 0.3 is 6.03 Å². The summed E-state index contributed by atoms with van der Waals surface area (Å²) < 4.78 is 19.2. The second-order valence-electron chi connectivity index (χ2n) is 5.00. The summed E-state index contributed by atoms with van der Waals surface area (Å²) >= 11 is 1.04. The van der Waals surface area contributed by atoms with E-state index in [0.29, 0.717) is 11.5 Å². The molecule has 1 N–H and O–H groups in total. The van der Waals surface area contributed by atoms with Crippen LogP contribution in [0.2, 0.25) is 0 Å². The van der Waals surface area contributed by atoms with Crippen molar-refractivity contribution in [2.45, 2.75) is 38.9 Å². The molecule has 1 saturated heterocycles. The zero-order valence-electron chi connectivity index (χ0n) is 11.8. The number of halogens is 1. The van der Waals surface area contributed by atoms with Crippen LogP contribution >= 0.6 is 11.3 Å². The number of alkyl halides is 1. The van der Waals surface area contributed by atoms with E-state index in [0.717, 1.165) is 16.2 Å². The quantitative estimate of drug-likeness (QED) is 0.922. The van der Waals surface area contributed by atoms with Crippen molar-refractivity contribution in [1.29, 1.82) is 0 Å². The Labute approximate surface area is 120 Å². The van der Waals surface area contributed by atoms with Gasteiger partial charge < -0.3 is 9.84 Å². The number of aliphatic hydroxyl groups is 1. The van der Waals surface area contributed by atoms with Crippen molar-refractivity contribution in [3.63, 3.8) is 0 Å². The van der Waals surface area contributed by atoms with Crippen molar-refractivity contribution in [3.8, 4) is 0 Å². The molecule has 1 aliphatic rings. The van der Waals surface area contributed by atoms with Crippen molar-refractivity contribution in [1.82, 2.24) is 9.88 Å². The fourth-order valence-electron chi connectivity index (χ4n) is 1.93. The van der Waals surface area contributed by atoms with Crippen molar-refractivity contribution in [2.24, 2.45) is 0 Å². The highest BCUT2D eigenvalue weighted by molar-refractivity contribution is 7.15. The summed E-state index contributed by atoms with van der Waals surface area (Å²) in [5, 5.41) is 10.5. The molecule has 2 unspecified atom stereocenters. The van der Waals surface area contributed by atoms with Crippen LogP contribution in [0.4, 0.5) is 14.3 Å². The fourth-order valence-corrected chi connectivity index (χ4v) is 2.87. The predicted molar refractivity (Wildman–Crippen MR) is 73.3 cm³/mol. The first-order valence-electron chi connectivity index (χ1n) is 6.28. The van der Waals surface area contributed by atoms with E-state index in [4.69, 9.17) is 4.74 Å². The molecule has 6 nitrogen and oxygen atoms in total. The number of hydrogen-bond donors (Lipinski definition) is 1. The normalized spacial score (nSPS) is 23.8. The zero-order chi connectivity index (χ0) is 15.1. The Kier molecular flexibility index (Phi) is 3.99. The molecule has 8 heteroatoms. The van der Waals surface area contributed by atoms with Gasteiger partial charge in [0.1, 0.15) is 5.67 Å². The van der Waals surface area contributed by atoms with Gasteiger partial charge in [-0.05, 0) is 20.8 Å². The molecule has 0 aliphatic carbocycles. The van der Waals surface area contributed by atoms with Gasteiger partial charge in [0.25, 0.3) is 0 Å². The van der Waals surface area contributed by atoms with Crippen molar-refractivity contribution in [2.75, 3.05) is 18.6 Å². The number of amides is 2. The number of ether oxygens (including phenoxy) is 1. The summed E-state index contributed by atoms with van der Waals surface area (Å²) in [6.07, 6.45) is -0.527. The van der Waals surface area contributed by atoms with E-state index in [-0.39, 0.29) is 5.13 Å². The third kappa shape index (κ3) is 2.50. The van der Waals surface area contributed by atoms with Crippen LogP contribution in [0.1, 0.15) is 25.6 Å². The number of rotatable bonds is 4. The smallest absolute Gasteiger partial charge is 0.330 e. The first-order chi connectivity index (χ1) is 9.27. The minimum absolute atomic E-state index is 0.261. The lowest BCUT2D eigenvalue weighted by molar-refractivity contribution is -0.0687. The van der Waals surface area contributed by atoms with E-state index >= 15 is 0 Å². The minimum Gasteiger partial charge on any atom is -0.369 e. The first-order valence-corrected chi connectivity index (χ1v) is 7.10. The molecular formula is C12H18FN3O3S. The Bertz CT molecular complexity index is 502. The van der Waals surface area contributed by atoms with Gasteiger partial charge in [0.2, 0.25) is 0 Å². The lowest BCUT2D eigenvalue weighted by Gasteiger charge is -2.20. The molecular weight excluding hydrogens is 285 g/mol. The molecule has 112 valence electrons. The molecule has 0 spiro atoms. The van der Waals surface area contributed by atoms with Gasteiger partial charge in [-0.15, -0.1) is 0 Å². The summed E-state index contributed by atoms with van der Waals surface area (Å²) in [5.74, 6) is 0. The Balaban J connectivity index is 2.28. The van der Waals surface area contributed by atoms with E-state index in [1.165, 1.54) is 24.9 Å². The van der Waals surface area contributed by atoms with Crippen molar-refractivity contribution in [3.05, 3.63) is 11.1 Å². The summed E-state index contributed by atoms with van der Waals surface area (Å²) in [6.45, 7) is 4.98. The Morgan fingerprint density at radius 1 is 1.60 bits per heavy atom. The van der Waals surface area contributed by atoms with Crippen LogP contribution in [0.15, 0.2) is 6.20 Å².